The summed E-state index contributed by atoms with van der Waals surface area (Å²) in [7, 11) is 0. The molecule has 0 heterocycles. The van der Waals surface area contributed by atoms with Crippen LogP contribution in [0.1, 0.15) is 44.1 Å². The average molecular weight is 314 g/mol. The van der Waals surface area contributed by atoms with E-state index in [-0.39, 0.29) is 11.9 Å². The van der Waals surface area contributed by atoms with Gasteiger partial charge in [-0.15, -0.1) is 0 Å². The molecule has 0 aromatic heterocycles. The fraction of sp³-hybridized carbons (Fsp3) is 0.600. The van der Waals surface area contributed by atoms with E-state index in [1.54, 1.807) is 6.07 Å². The van der Waals surface area contributed by atoms with Gasteiger partial charge in [-0.25, -0.2) is 4.39 Å². The largest absolute Gasteiger partial charge is 0.327 e. The number of nitrogens with two attached hydrogens (primary N) is 1. The van der Waals surface area contributed by atoms with Crippen molar-refractivity contribution >= 4 is 15.9 Å². The average Bonchev–Trinajstić information content (AvgIpc) is 2.84. The van der Waals surface area contributed by atoms with E-state index >= 15 is 0 Å². The molecule has 1 fully saturated rings. The molecule has 0 aliphatic heterocycles. The lowest BCUT2D eigenvalue weighted by atomic mass is 9.95. The number of hydrogen-bond donors (Lipinski definition) is 1. The van der Waals surface area contributed by atoms with Crippen molar-refractivity contribution in [1.82, 2.24) is 0 Å². The molecule has 1 atom stereocenters. The SMILES string of the molecule is NC(CCC1CCCC1)Cc1cc(Br)ccc1F. The molecule has 1 aliphatic carbocycles. The standard InChI is InChI=1S/C15H21BrFN/c16-13-6-8-15(17)12(9-13)10-14(18)7-5-11-3-1-2-4-11/h6,8-9,11,14H,1-5,7,10,18H2. The zero-order valence-corrected chi connectivity index (χ0v) is 12.3. The highest BCUT2D eigenvalue weighted by atomic mass is 79.9. The molecular formula is C15H21BrFN. The molecule has 1 unspecified atom stereocenters. The van der Waals surface area contributed by atoms with Crippen LogP contribution < -0.4 is 5.73 Å². The molecule has 1 aromatic carbocycles. The van der Waals surface area contributed by atoms with Crippen molar-refractivity contribution in [2.75, 3.05) is 0 Å². The molecule has 0 spiro atoms. The Hall–Kier alpha value is -0.410. The van der Waals surface area contributed by atoms with E-state index in [2.05, 4.69) is 15.9 Å². The molecule has 18 heavy (non-hydrogen) atoms. The van der Waals surface area contributed by atoms with Gasteiger partial charge in [0, 0.05) is 10.5 Å². The smallest absolute Gasteiger partial charge is 0.126 e. The Bertz CT molecular complexity index is 388. The zero-order chi connectivity index (χ0) is 13.0. The van der Waals surface area contributed by atoms with E-state index < -0.39 is 0 Å². The summed E-state index contributed by atoms with van der Waals surface area (Å²) in [6.07, 6.45) is 8.32. The summed E-state index contributed by atoms with van der Waals surface area (Å²) in [6.45, 7) is 0. The molecule has 2 rings (SSSR count). The van der Waals surface area contributed by atoms with E-state index in [4.69, 9.17) is 5.73 Å². The topological polar surface area (TPSA) is 26.0 Å². The van der Waals surface area contributed by atoms with Gasteiger partial charge in [-0.2, -0.15) is 0 Å². The Balaban J connectivity index is 1.82. The van der Waals surface area contributed by atoms with Gasteiger partial charge in [0.1, 0.15) is 5.82 Å². The van der Waals surface area contributed by atoms with Crippen LogP contribution in [0.2, 0.25) is 0 Å². The quantitative estimate of drug-likeness (QED) is 0.855. The molecule has 0 radical (unpaired) electrons. The third kappa shape index (κ3) is 4.06. The molecular weight excluding hydrogens is 293 g/mol. The van der Waals surface area contributed by atoms with E-state index in [0.29, 0.717) is 6.42 Å². The lowest BCUT2D eigenvalue weighted by Crippen LogP contribution is -2.24. The summed E-state index contributed by atoms with van der Waals surface area (Å²) in [5.41, 5.74) is 6.85. The first-order valence-electron chi connectivity index (χ1n) is 6.84. The van der Waals surface area contributed by atoms with Crippen LogP contribution in [0.5, 0.6) is 0 Å². The number of hydrogen-bond acceptors (Lipinski definition) is 1. The molecule has 1 aromatic rings. The van der Waals surface area contributed by atoms with Crippen molar-refractivity contribution in [2.24, 2.45) is 11.7 Å². The molecule has 1 saturated carbocycles. The van der Waals surface area contributed by atoms with E-state index in [1.165, 1.54) is 38.2 Å². The van der Waals surface area contributed by atoms with E-state index in [0.717, 1.165) is 22.4 Å². The van der Waals surface area contributed by atoms with Gasteiger partial charge in [-0.3, -0.25) is 0 Å². The minimum atomic E-state index is -0.144. The lowest BCUT2D eigenvalue weighted by Gasteiger charge is -2.15. The van der Waals surface area contributed by atoms with Gasteiger partial charge in [-0.1, -0.05) is 41.6 Å². The first-order chi connectivity index (χ1) is 8.65. The molecule has 1 nitrogen and oxygen atoms in total. The molecule has 1 aliphatic rings. The van der Waals surface area contributed by atoms with E-state index in [9.17, 15) is 4.39 Å². The summed E-state index contributed by atoms with van der Waals surface area (Å²) in [5, 5.41) is 0. The molecule has 3 heteroatoms. The zero-order valence-electron chi connectivity index (χ0n) is 10.7. The molecule has 0 saturated heterocycles. The van der Waals surface area contributed by atoms with Crippen LogP contribution in [-0.4, -0.2) is 6.04 Å². The Kier molecular flexibility index (Phi) is 5.19. The maximum atomic E-state index is 13.6. The predicted octanol–water partition coefficient (Wildman–Crippen LogP) is 4.43. The van der Waals surface area contributed by atoms with Crippen LogP contribution in [0.15, 0.2) is 22.7 Å². The Morgan fingerprint density at radius 2 is 2.06 bits per heavy atom. The fourth-order valence-corrected chi connectivity index (χ4v) is 3.24. The van der Waals surface area contributed by atoms with Gasteiger partial charge in [0.25, 0.3) is 0 Å². The van der Waals surface area contributed by atoms with Gasteiger partial charge in [0.15, 0.2) is 0 Å². The maximum absolute atomic E-state index is 13.6. The second kappa shape index (κ2) is 6.67. The summed E-state index contributed by atoms with van der Waals surface area (Å²) in [4.78, 5) is 0. The summed E-state index contributed by atoms with van der Waals surface area (Å²) < 4.78 is 14.5. The molecule has 0 amide bonds. The molecule has 0 bridgehead atoms. The van der Waals surface area contributed by atoms with Crippen molar-refractivity contribution in [3.63, 3.8) is 0 Å². The molecule has 2 N–H and O–H groups in total. The van der Waals surface area contributed by atoms with Crippen LogP contribution in [0.3, 0.4) is 0 Å². The first kappa shape index (κ1) is 14.0. The predicted molar refractivity (Wildman–Crippen MR) is 77.0 cm³/mol. The van der Waals surface area contributed by atoms with Crippen molar-refractivity contribution < 1.29 is 4.39 Å². The van der Waals surface area contributed by atoms with Gasteiger partial charge in [-0.05, 0) is 48.9 Å². The summed E-state index contributed by atoms with van der Waals surface area (Å²) in [5.74, 6) is 0.720. The maximum Gasteiger partial charge on any atom is 0.126 e. The third-order valence-electron chi connectivity index (χ3n) is 3.91. The van der Waals surface area contributed by atoms with Crippen molar-refractivity contribution in [1.29, 1.82) is 0 Å². The van der Waals surface area contributed by atoms with Gasteiger partial charge < -0.3 is 5.73 Å². The lowest BCUT2D eigenvalue weighted by molar-refractivity contribution is 0.444. The fourth-order valence-electron chi connectivity index (χ4n) is 2.83. The highest BCUT2D eigenvalue weighted by molar-refractivity contribution is 9.10. The Morgan fingerprint density at radius 1 is 1.33 bits per heavy atom. The summed E-state index contributed by atoms with van der Waals surface area (Å²) in [6, 6.07) is 5.14. The Labute approximate surface area is 117 Å². The van der Waals surface area contributed by atoms with Crippen LogP contribution in [-0.2, 0) is 6.42 Å². The monoisotopic (exact) mass is 313 g/mol. The number of halogens is 2. The van der Waals surface area contributed by atoms with Crippen LogP contribution in [0, 0.1) is 11.7 Å². The van der Waals surface area contributed by atoms with Gasteiger partial charge >= 0.3 is 0 Å². The Morgan fingerprint density at radius 3 is 2.78 bits per heavy atom. The highest BCUT2D eigenvalue weighted by Crippen LogP contribution is 2.29. The second-order valence-corrected chi connectivity index (χ2v) is 6.34. The van der Waals surface area contributed by atoms with Crippen molar-refractivity contribution in [2.45, 2.75) is 51.0 Å². The van der Waals surface area contributed by atoms with Gasteiger partial charge in [0.05, 0.1) is 0 Å². The van der Waals surface area contributed by atoms with Crippen molar-refractivity contribution in [3.8, 4) is 0 Å². The van der Waals surface area contributed by atoms with Crippen molar-refractivity contribution in [3.05, 3.63) is 34.1 Å². The van der Waals surface area contributed by atoms with Crippen LogP contribution in [0.4, 0.5) is 4.39 Å². The second-order valence-electron chi connectivity index (χ2n) is 5.43. The molecule has 100 valence electrons. The first-order valence-corrected chi connectivity index (χ1v) is 7.64. The summed E-state index contributed by atoms with van der Waals surface area (Å²) >= 11 is 3.37. The number of benzene rings is 1. The van der Waals surface area contributed by atoms with Gasteiger partial charge in [0.2, 0.25) is 0 Å². The minimum Gasteiger partial charge on any atom is -0.327 e. The minimum absolute atomic E-state index is 0.0781. The van der Waals surface area contributed by atoms with Crippen LogP contribution >= 0.6 is 15.9 Å². The third-order valence-corrected chi connectivity index (χ3v) is 4.40. The normalized spacial score (nSPS) is 18.2. The highest BCUT2D eigenvalue weighted by Gasteiger charge is 2.16. The number of rotatable bonds is 5. The van der Waals surface area contributed by atoms with Crippen LogP contribution in [0.25, 0.3) is 0 Å². The van der Waals surface area contributed by atoms with E-state index in [1.807, 2.05) is 6.07 Å².